The van der Waals surface area contributed by atoms with E-state index in [4.69, 9.17) is 0 Å². The summed E-state index contributed by atoms with van der Waals surface area (Å²) < 4.78 is 27.3. The number of benzene rings is 3. The van der Waals surface area contributed by atoms with Crippen LogP contribution in [0.2, 0.25) is 0 Å². The van der Waals surface area contributed by atoms with Crippen molar-refractivity contribution in [3.8, 4) is 0 Å². The predicted octanol–water partition coefficient (Wildman–Crippen LogP) is 3.77. The molecule has 0 aliphatic carbocycles. The van der Waals surface area contributed by atoms with Gasteiger partial charge in [-0.15, -0.1) is 0 Å². The zero-order chi connectivity index (χ0) is 23.5. The van der Waals surface area contributed by atoms with Gasteiger partial charge in [0.05, 0.1) is 12.2 Å². The van der Waals surface area contributed by atoms with Gasteiger partial charge in [-0.05, 0) is 55.7 Å². The van der Waals surface area contributed by atoms with Crippen molar-refractivity contribution >= 4 is 33.0 Å². The summed E-state index contributed by atoms with van der Waals surface area (Å²) in [5, 5.41) is 0. The molecule has 0 saturated carbocycles. The Morgan fingerprint density at radius 3 is 2.15 bits per heavy atom. The number of fused-ring (bicyclic) bond motifs is 2. The summed E-state index contributed by atoms with van der Waals surface area (Å²) in [7, 11) is -4.17. The fourth-order valence-electron chi connectivity index (χ4n) is 5.00. The van der Waals surface area contributed by atoms with Crippen molar-refractivity contribution in [2.45, 2.75) is 32.2 Å². The van der Waals surface area contributed by atoms with Crippen LogP contribution in [0.3, 0.4) is 0 Å². The number of anilines is 2. The molecule has 6 nitrogen and oxygen atoms in total. The van der Waals surface area contributed by atoms with E-state index < -0.39 is 32.3 Å². The van der Waals surface area contributed by atoms with Gasteiger partial charge in [0.1, 0.15) is 5.75 Å². The fourth-order valence-corrected chi connectivity index (χ4v) is 7.04. The quantitative estimate of drug-likeness (QED) is 0.596. The van der Waals surface area contributed by atoms with Crippen LogP contribution in [0.5, 0.6) is 0 Å². The van der Waals surface area contributed by atoms with Crippen LogP contribution in [-0.4, -0.2) is 26.0 Å². The van der Waals surface area contributed by atoms with Crippen molar-refractivity contribution in [2.75, 3.05) is 15.6 Å². The monoisotopic (exact) mass is 460 g/mol. The smallest absolute Gasteiger partial charge is 0.274 e. The van der Waals surface area contributed by atoms with E-state index in [0.717, 1.165) is 22.3 Å². The second-order valence-corrected chi connectivity index (χ2v) is 11.0. The van der Waals surface area contributed by atoms with Crippen LogP contribution in [0.25, 0.3) is 0 Å². The molecule has 1 spiro atoms. The highest BCUT2D eigenvalue weighted by Gasteiger charge is 2.69. The number of rotatable bonds is 3. The van der Waals surface area contributed by atoms with E-state index in [1.54, 1.807) is 36.4 Å². The minimum Gasteiger partial charge on any atom is -0.304 e. The first-order valence-corrected chi connectivity index (χ1v) is 12.4. The number of hydrogen-bond donors (Lipinski definition) is 0. The molecular formula is C26H24N2O4S. The first kappa shape index (κ1) is 21.4. The largest absolute Gasteiger partial charge is 0.304 e. The number of carbonyl (C=O) groups is 2. The molecule has 0 aromatic heterocycles. The highest BCUT2D eigenvalue weighted by Crippen LogP contribution is 2.52. The zero-order valence-corrected chi connectivity index (χ0v) is 19.5. The lowest BCUT2D eigenvalue weighted by Gasteiger charge is -2.33. The van der Waals surface area contributed by atoms with Crippen LogP contribution >= 0.6 is 0 Å². The molecule has 0 bridgehead atoms. The van der Waals surface area contributed by atoms with Gasteiger partial charge in [0, 0.05) is 11.3 Å². The fraction of sp³-hybridized carbons (Fsp3) is 0.231. The van der Waals surface area contributed by atoms with Gasteiger partial charge in [0.2, 0.25) is 5.91 Å². The highest BCUT2D eigenvalue weighted by molar-refractivity contribution is 7.94. The normalized spacial score (nSPS) is 21.2. The van der Waals surface area contributed by atoms with Crippen molar-refractivity contribution in [1.29, 1.82) is 0 Å². The Morgan fingerprint density at radius 1 is 0.848 bits per heavy atom. The lowest BCUT2D eigenvalue weighted by Crippen LogP contribution is -2.54. The van der Waals surface area contributed by atoms with Crippen LogP contribution in [0, 0.1) is 20.8 Å². The van der Waals surface area contributed by atoms with Gasteiger partial charge < -0.3 is 4.90 Å². The molecule has 2 aliphatic heterocycles. The van der Waals surface area contributed by atoms with Crippen molar-refractivity contribution in [3.63, 3.8) is 0 Å². The molecule has 1 saturated heterocycles. The standard InChI is InChI=1S/C26H24N2O4S/c1-17-8-10-20(11-9-17)15-27-23-7-5-4-6-22(23)26(25(27)30)28(24(29)16-33(26,31)32)21-13-18(2)12-19(3)14-21/h4-14H,15-16H2,1-3H3. The predicted molar refractivity (Wildman–Crippen MR) is 128 cm³/mol. The Balaban J connectivity index is 1.74. The molecular weight excluding hydrogens is 436 g/mol. The Bertz CT molecular complexity index is 1390. The zero-order valence-electron chi connectivity index (χ0n) is 18.7. The third kappa shape index (κ3) is 3.03. The number of hydrogen-bond acceptors (Lipinski definition) is 4. The summed E-state index contributed by atoms with van der Waals surface area (Å²) in [6.07, 6.45) is 0. The molecule has 2 aliphatic rings. The summed E-state index contributed by atoms with van der Waals surface area (Å²) in [6, 6.07) is 20.1. The van der Waals surface area contributed by atoms with Gasteiger partial charge in [0.25, 0.3) is 10.8 Å². The third-order valence-electron chi connectivity index (χ3n) is 6.35. The first-order valence-electron chi connectivity index (χ1n) is 10.8. The summed E-state index contributed by atoms with van der Waals surface area (Å²) in [5.41, 5.74) is 4.98. The maximum Gasteiger partial charge on any atom is 0.274 e. The molecule has 1 unspecified atom stereocenters. The Hall–Kier alpha value is -3.45. The van der Waals surface area contributed by atoms with Gasteiger partial charge >= 0.3 is 0 Å². The van der Waals surface area contributed by atoms with E-state index in [0.29, 0.717) is 16.9 Å². The molecule has 1 fully saturated rings. The average Bonchev–Trinajstić information content (AvgIpc) is 3.12. The summed E-state index contributed by atoms with van der Waals surface area (Å²) in [5.74, 6) is -1.92. The van der Waals surface area contributed by atoms with E-state index >= 15 is 0 Å². The first-order chi connectivity index (χ1) is 15.6. The second kappa shape index (κ2) is 7.28. The number of para-hydroxylation sites is 1. The molecule has 5 rings (SSSR count). The average molecular weight is 461 g/mol. The Morgan fingerprint density at radius 2 is 1.48 bits per heavy atom. The van der Waals surface area contributed by atoms with Crippen molar-refractivity contribution in [2.24, 2.45) is 0 Å². The summed E-state index contributed by atoms with van der Waals surface area (Å²) in [6.45, 7) is 5.95. The van der Waals surface area contributed by atoms with Crippen molar-refractivity contribution < 1.29 is 18.0 Å². The summed E-state index contributed by atoms with van der Waals surface area (Å²) in [4.78, 5) is 27.9. The molecule has 33 heavy (non-hydrogen) atoms. The van der Waals surface area contributed by atoms with Crippen LogP contribution in [0.1, 0.15) is 27.8 Å². The van der Waals surface area contributed by atoms with Gasteiger partial charge in [-0.3, -0.25) is 14.5 Å². The molecule has 2 amide bonds. The molecule has 1 atom stereocenters. The van der Waals surface area contributed by atoms with Gasteiger partial charge in [-0.2, -0.15) is 0 Å². The van der Waals surface area contributed by atoms with E-state index in [2.05, 4.69) is 0 Å². The molecule has 0 N–H and O–H groups in total. The van der Waals surface area contributed by atoms with Crippen LogP contribution in [0.15, 0.2) is 66.7 Å². The number of amides is 2. The van der Waals surface area contributed by atoms with E-state index in [-0.39, 0.29) is 6.54 Å². The maximum absolute atomic E-state index is 14.1. The molecule has 7 heteroatoms. The molecule has 0 radical (unpaired) electrons. The lowest BCUT2D eigenvalue weighted by atomic mass is 10.0. The molecule has 3 aromatic carbocycles. The van der Waals surface area contributed by atoms with E-state index in [1.165, 1.54) is 9.80 Å². The lowest BCUT2D eigenvalue weighted by molar-refractivity contribution is -0.123. The SMILES string of the molecule is Cc1ccc(CN2C(=O)C3(c4ccccc42)N(c2cc(C)cc(C)c2)C(=O)CS3(=O)=O)cc1. The Labute approximate surface area is 193 Å². The van der Waals surface area contributed by atoms with E-state index in [1.807, 2.05) is 51.1 Å². The minimum atomic E-state index is -4.17. The number of nitrogens with zero attached hydrogens (tertiary/aromatic N) is 2. The van der Waals surface area contributed by atoms with Crippen LogP contribution in [0.4, 0.5) is 11.4 Å². The van der Waals surface area contributed by atoms with Gasteiger partial charge in [-0.25, -0.2) is 8.42 Å². The topological polar surface area (TPSA) is 74.8 Å². The minimum absolute atomic E-state index is 0.211. The maximum atomic E-state index is 14.1. The molecule has 168 valence electrons. The van der Waals surface area contributed by atoms with Crippen LogP contribution in [-0.2, 0) is 30.8 Å². The number of carbonyl (C=O) groups excluding carboxylic acids is 2. The van der Waals surface area contributed by atoms with Crippen molar-refractivity contribution in [3.05, 3.63) is 94.5 Å². The molecule has 2 heterocycles. The summed E-state index contributed by atoms with van der Waals surface area (Å²) >= 11 is 0. The van der Waals surface area contributed by atoms with Crippen LogP contribution < -0.4 is 9.80 Å². The van der Waals surface area contributed by atoms with E-state index in [9.17, 15) is 18.0 Å². The number of sulfone groups is 1. The van der Waals surface area contributed by atoms with Gasteiger partial charge in [0.15, 0.2) is 9.84 Å². The second-order valence-electron chi connectivity index (χ2n) is 8.87. The molecule has 3 aromatic rings. The highest BCUT2D eigenvalue weighted by atomic mass is 32.2. The number of aryl methyl sites for hydroxylation is 3. The Kier molecular flexibility index (Phi) is 4.72. The third-order valence-corrected chi connectivity index (χ3v) is 8.45. The van der Waals surface area contributed by atoms with Gasteiger partial charge in [-0.1, -0.05) is 54.1 Å². The van der Waals surface area contributed by atoms with Crippen molar-refractivity contribution in [1.82, 2.24) is 0 Å².